The van der Waals surface area contributed by atoms with Crippen molar-refractivity contribution in [3.8, 4) is 5.75 Å². The highest BCUT2D eigenvalue weighted by Gasteiger charge is 2.50. The van der Waals surface area contributed by atoms with E-state index < -0.39 is 30.3 Å². The van der Waals surface area contributed by atoms with Crippen LogP contribution in [-0.4, -0.2) is 77.6 Å². The Bertz CT molecular complexity index is 895. The molecule has 33 heavy (non-hydrogen) atoms. The van der Waals surface area contributed by atoms with Crippen molar-refractivity contribution in [1.29, 1.82) is 0 Å². The van der Waals surface area contributed by atoms with Crippen LogP contribution < -0.4 is 10.1 Å². The zero-order valence-electron chi connectivity index (χ0n) is 19.3. The molecular formula is C25H34N2O6. The van der Waals surface area contributed by atoms with Crippen molar-refractivity contribution in [3.05, 3.63) is 41.5 Å². The number of nitrogens with zero attached hydrogens (tertiary/aromatic N) is 1. The maximum atomic E-state index is 13.4. The molecule has 2 aliphatic heterocycles. The molecule has 0 radical (unpaired) electrons. The second-order valence-corrected chi connectivity index (χ2v) is 9.40. The van der Waals surface area contributed by atoms with E-state index >= 15 is 0 Å². The van der Waals surface area contributed by atoms with Crippen LogP contribution in [0.25, 0.3) is 0 Å². The minimum atomic E-state index is -1.01. The van der Waals surface area contributed by atoms with Crippen molar-refractivity contribution in [2.24, 2.45) is 5.92 Å². The van der Waals surface area contributed by atoms with Crippen LogP contribution >= 0.6 is 0 Å². The lowest BCUT2D eigenvalue weighted by Gasteiger charge is -2.41. The Morgan fingerprint density at radius 3 is 2.76 bits per heavy atom. The Kier molecular flexibility index (Phi) is 7.36. The molecule has 3 N–H and O–H groups in total. The van der Waals surface area contributed by atoms with Gasteiger partial charge >= 0.3 is 0 Å². The largest absolute Gasteiger partial charge is 0.486 e. The second kappa shape index (κ2) is 10.2. The summed E-state index contributed by atoms with van der Waals surface area (Å²) in [6, 6.07) is 6.74. The maximum Gasteiger partial charge on any atom is 0.252 e. The summed E-state index contributed by atoms with van der Waals surface area (Å²) in [5.41, 5.74) is 1.29. The number of hydrogen-bond donors (Lipinski definition) is 3. The fraction of sp³-hybridized carbons (Fsp3) is 0.600. The molecule has 1 aromatic carbocycles. The second-order valence-electron chi connectivity index (χ2n) is 9.40. The molecule has 0 bridgehead atoms. The van der Waals surface area contributed by atoms with Crippen LogP contribution in [0.15, 0.2) is 35.9 Å². The van der Waals surface area contributed by atoms with Crippen molar-refractivity contribution in [3.63, 3.8) is 0 Å². The summed E-state index contributed by atoms with van der Waals surface area (Å²) in [6.07, 6.45) is 1.74. The van der Waals surface area contributed by atoms with Crippen LogP contribution in [0.2, 0.25) is 0 Å². The molecular weight excluding hydrogens is 424 g/mol. The molecule has 1 fully saturated rings. The normalized spacial score (nSPS) is 28.0. The summed E-state index contributed by atoms with van der Waals surface area (Å²) < 4.78 is 11.8. The Morgan fingerprint density at radius 1 is 1.27 bits per heavy atom. The van der Waals surface area contributed by atoms with Gasteiger partial charge in [-0.3, -0.25) is 9.59 Å². The van der Waals surface area contributed by atoms with E-state index in [1.807, 2.05) is 24.3 Å². The van der Waals surface area contributed by atoms with Gasteiger partial charge in [-0.2, -0.15) is 0 Å². The fourth-order valence-corrected chi connectivity index (χ4v) is 4.95. The molecule has 0 saturated carbocycles. The fourth-order valence-electron chi connectivity index (χ4n) is 4.95. The Balaban J connectivity index is 1.71. The molecule has 8 nitrogen and oxygen atoms in total. The number of rotatable bonds is 8. The van der Waals surface area contributed by atoms with Crippen molar-refractivity contribution in [1.82, 2.24) is 10.2 Å². The van der Waals surface area contributed by atoms with E-state index in [4.69, 9.17) is 9.47 Å². The number of aliphatic hydroxyl groups is 2. The average Bonchev–Trinajstić information content (AvgIpc) is 3.47. The van der Waals surface area contributed by atoms with Crippen molar-refractivity contribution in [2.45, 2.75) is 63.4 Å². The van der Waals surface area contributed by atoms with Gasteiger partial charge in [0.25, 0.3) is 5.91 Å². The minimum Gasteiger partial charge on any atom is -0.486 e. The highest BCUT2D eigenvalue weighted by molar-refractivity contribution is 5.96. The number of carbonyl (C=O) groups is 2. The molecule has 4 rings (SSSR count). The minimum absolute atomic E-state index is 0.120. The van der Waals surface area contributed by atoms with Gasteiger partial charge in [0.05, 0.1) is 18.6 Å². The van der Waals surface area contributed by atoms with E-state index in [2.05, 4.69) is 19.2 Å². The number of nitrogens with one attached hydrogen (secondary N) is 1. The van der Waals surface area contributed by atoms with Crippen LogP contribution in [-0.2, 0) is 14.3 Å². The lowest BCUT2D eigenvalue weighted by Crippen LogP contribution is -2.57. The van der Waals surface area contributed by atoms with Crippen molar-refractivity contribution in [2.75, 3.05) is 26.3 Å². The Morgan fingerprint density at radius 2 is 2.06 bits per heavy atom. The van der Waals surface area contributed by atoms with Gasteiger partial charge in [-0.05, 0) is 37.3 Å². The SMILES string of the molecule is CC(C)CCN(C(=O)C1CCCO1)C1C=C(C(=O)NCCO)C2c3ccccc3OC2C1O. The predicted octanol–water partition coefficient (Wildman–Crippen LogP) is 1.36. The number of amides is 2. The first-order valence-corrected chi connectivity index (χ1v) is 11.9. The van der Waals surface area contributed by atoms with E-state index in [9.17, 15) is 19.8 Å². The van der Waals surface area contributed by atoms with Crippen LogP contribution in [0.3, 0.4) is 0 Å². The monoisotopic (exact) mass is 458 g/mol. The van der Waals surface area contributed by atoms with E-state index in [0.717, 1.165) is 18.4 Å². The lowest BCUT2D eigenvalue weighted by molar-refractivity contribution is -0.146. The van der Waals surface area contributed by atoms with Crippen molar-refractivity contribution < 1.29 is 29.3 Å². The molecule has 3 aliphatic rings. The first-order valence-electron chi connectivity index (χ1n) is 11.9. The zero-order chi connectivity index (χ0) is 23.5. The molecule has 8 heteroatoms. The van der Waals surface area contributed by atoms with Gasteiger partial charge in [0, 0.05) is 30.8 Å². The Labute approximate surface area is 194 Å². The lowest BCUT2D eigenvalue weighted by atomic mass is 9.77. The smallest absolute Gasteiger partial charge is 0.252 e. The van der Waals surface area contributed by atoms with E-state index in [0.29, 0.717) is 36.8 Å². The summed E-state index contributed by atoms with van der Waals surface area (Å²) in [4.78, 5) is 28.2. The molecule has 2 heterocycles. The molecule has 0 spiro atoms. The molecule has 5 atom stereocenters. The highest BCUT2D eigenvalue weighted by Crippen LogP contribution is 2.47. The predicted molar refractivity (Wildman–Crippen MR) is 122 cm³/mol. The number of carbonyl (C=O) groups excluding carboxylic acids is 2. The molecule has 2 amide bonds. The molecule has 0 aromatic heterocycles. The van der Waals surface area contributed by atoms with Crippen LogP contribution in [0.1, 0.15) is 44.6 Å². The van der Waals surface area contributed by atoms with Gasteiger partial charge < -0.3 is 29.9 Å². The molecule has 180 valence electrons. The van der Waals surface area contributed by atoms with Crippen LogP contribution in [0, 0.1) is 5.92 Å². The quantitative estimate of drug-likeness (QED) is 0.543. The first-order chi connectivity index (χ1) is 15.9. The van der Waals surface area contributed by atoms with Crippen molar-refractivity contribution >= 4 is 11.8 Å². The maximum absolute atomic E-state index is 13.4. The third kappa shape index (κ3) is 4.78. The number of para-hydroxylation sites is 1. The molecule has 1 saturated heterocycles. The molecule has 1 aromatic rings. The zero-order valence-corrected chi connectivity index (χ0v) is 19.3. The number of ether oxygens (including phenoxy) is 2. The van der Waals surface area contributed by atoms with Gasteiger partial charge in [-0.25, -0.2) is 0 Å². The summed E-state index contributed by atoms with van der Waals surface area (Å²) in [6.45, 7) is 5.12. The van der Waals surface area contributed by atoms with Gasteiger partial charge in [-0.15, -0.1) is 0 Å². The average molecular weight is 459 g/mol. The van der Waals surface area contributed by atoms with Crippen LogP contribution in [0.5, 0.6) is 5.75 Å². The summed E-state index contributed by atoms with van der Waals surface area (Å²) >= 11 is 0. The Hall–Kier alpha value is -2.42. The number of fused-ring (bicyclic) bond motifs is 3. The summed E-state index contributed by atoms with van der Waals surface area (Å²) in [5.74, 6) is 0.0619. The van der Waals surface area contributed by atoms with E-state index in [-0.39, 0.29) is 25.0 Å². The number of aliphatic hydroxyl groups excluding tert-OH is 2. The van der Waals surface area contributed by atoms with Gasteiger partial charge in [0.2, 0.25) is 5.91 Å². The summed E-state index contributed by atoms with van der Waals surface area (Å²) in [5, 5.41) is 23.4. The first kappa shape index (κ1) is 23.7. The third-order valence-electron chi connectivity index (χ3n) is 6.67. The topological polar surface area (TPSA) is 108 Å². The van der Waals surface area contributed by atoms with Gasteiger partial charge in [0.15, 0.2) is 0 Å². The highest BCUT2D eigenvalue weighted by atomic mass is 16.5. The van der Waals surface area contributed by atoms with Gasteiger partial charge in [-0.1, -0.05) is 32.0 Å². The summed E-state index contributed by atoms with van der Waals surface area (Å²) in [7, 11) is 0. The molecule has 5 unspecified atom stereocenters. The van der Waals surface area contributed by atoms with E-state index in [1.54, 1.807) is 11.0 Å². The molecule has 1 aliphatic carbocycles. The number of benzene rings is 1. The third-order valence-corrected chi connectivity index (χ3v) is 6.67. The van der Waals surface area contributed by atoms with Crippen LogP contribution in [0.4, 0.5) is 0 Å². The van der Waals surface area contributed by atoms with Gasteiger partial charge in [0.1, 0.15) is 24.1 Å². The van der Waals surface area contributed by atoms with E-state index in [1.165, 1.54) is 0 Å². The standard InChI is InChI=1S/C25H34N2O6/c1-15(2)9-11-27(25(31)20-8-5-13-32-20)18-14-17(24(30)26-10-12-28)21-16-6-3-4-7-19(16)33-23(21)22(18)29/h3-4,6-7,14-15,18,20-23,28-29H,5,8-13H2,1-2H3,(H,26,30). The number of hydrogen-bond acceptors (Lipinski definition) is 6.